The predicted octanol–water partition coefficient (Wildman–Crippen LogP) is 0.371. The van der Waals surface area contributed by atoms with Crippen molar-refractivity contribution in [3.63, 3.8) is 0 Å². The van der Waals surface area contributed by atoms with Crippen molar-refractivity contribution in [3.8, 4) is 0 Å². The number of benzene rings is 1. The van der Waals surface area contributed by atoms with Crippen LogP contribution < -0.4 is 5.46 Å². The minimum absolute atomic E-state index is 0.0327. The third-order valence-corrected chi connectivity index (χ3v) is 2.40. The Balaban J connectivity index is 3.35. The molecule has 0 saturated carbocycles. The molecule has 0 atom stereocenters. The number of carbonyl (C=O) groups is 1. The molecule has 0 aliphatic carbocycles. The standard InChI is InChI=1S/C7H5BCl2O4/c9-5-2-3(7(11)12)1-4(6(5)10)8(13)14/h1-2,13-14H,(H,11,12). The lowest BCUT2D eigenvalue weighted by Crippen LogP contribution is -2.31. The van der Waals surface area contributed by atoms with Gasteiger partial charge in [0.1, 0.15) is 0 Å². The van der Waals surface area contributed by atoms with E-state index >= 15 is 0 Å². The van der Waals surface area contributed by atoms with Gasteiger partial charge in [0.15, 0.2) is 0 Å². The van der Waals surface area contributed by atoms with E-state index in [1.807, 2.05) is 0 Å². The molecule has 0 fully saturated rings. The molecule has 0 spiro atoms. The first kappa shape index (κ1) is 11.3. The van der Waals surface area contributed by atoms with Crippen molar-refractivity contribution in [2.45, 2.75) is 0 Å². The van der Waals surface area contributed by atoms with E-state index < -0.39 is 13.1 Å². The van der Waals surface area contributed by atoms with Crippen LogP contribution in [0.3, 0.4) is 0 Å². The molecule has 4 nitrogen and oxygen atoms in total. The fraction of sp³-hybridized carbons (Fsp3) is 0. The van der Waals surface area contributed by atoms with Crippen LogP contribution in [-0.2, 0) is 0 Å². The third-order valence-electron chi connectivity index (χ3n) is 1.58. The van der Waals surface area contributed by atoms with E-state index in [0.717, 1.165) is 12.1 Å². The predicted molar refractivity (Wildman–Crippen MR) is 53.2 cm³/mol. The first-order valence-corrected chi connectivity index (χ1v) is 4.27. The second-order valence-corrected chi connectivity index (χ2v) is 3.33. The number of hydrogen-bond donors (Lipinski definition) is 3. The fourth-order valence-corrected chi connectivity index (χ4v) is 1.36. The van der Waals surface area contributed by atoms with Crippen LogP contribution in [0.5, 0.6) is 0 Å². The molecule has 0 heterocycles. The molecule has 74 valence electrons. The smallest absolute Gasteiger partial charge is 0.478 e. The Morgan fingerprint density at radius 2 is 1.86 bits per heavy atom. The number of aromatic carboxylic acids is 1. The quantitative estimate of drug-likeness (QED) is 0.647. The maximum atomic E-state index is 10.6. The van der Waals surface area contributed by atoms with Crippen LogP contribution in [0, 0.1) is 0 Å². The van der Waals surface area contributed by atoms with Gasteiger partial charge in [0, 0.05) is 5.46 Å². The van der Waals surface area contributed by atoms with Gasteiger partial charge in [-0.05, 0) is 12.1 Å². The molecule has 0 bridgehead atoms. The molecule has 1 aromatic carbocycles. The van der Waals surface area contributed by atoms with E-state index in [2.05, 4.69) is 0 Å². The molecule has 0 aliphatic rings. The summed E-state index contributed by atoms with van der Waals surface area (Å²) in [5.41, 5.74) is -0.279. The van der Waals surface area contributed by atoms with Crippen LogP contribution in [0.1, 0.15) is 10.4 Å². The number of carboxylic acid groups (broad SMARTS) is 1. The van der Waals surface area contributed by atoms with Gasteiger partial charge in [-0.1, -0.05) is 23.2 Å². The average Bonchev–Trinajstić information content (AvgIpc) is 2.08. The molecule has 0 aromatic heterocycles. The highest BCUT2D eigenvalue weighted by atomic mass is 35.5. The first-order valence-electron chi connectivity index (χ1n) is 3.52. The molecule has 0 saturated heterocycles. The van der Waals surface area contributed by atoms with E-state index in [-0.39, 0.29) is 21.1 Å². The zero-order valence-electron chi connectivity index (χ0n) is 6.74. The summed E-state index contributed by atoms with van der Waals surface area (Å²) in [4.78, 5) is 10.6. The SMILES string of the molecule is O=C(O)c1cc(Cl)c(Cl)c(B(O)O)c1. The van der Waals surface area contributed by atoms with E-state index in [1.165, 1.54) is 0 Å². The molecule has 14 heavy (non-hydrogen) atoms. The van der Waals surface area contributed by atoms with Crippen molar-refractivity contribution >= 4 is 41.8 Å². The Kier molecular flexibility index (Phi) is 3.39. The van der Waals surface area contributed by atoms with Crippen LogP contribution in [0.4, 0.5) is 0 Å². The van der Waals surface area contributed by atoms with E-state index in [9.17, 15) is 4.79 Å². The lowest BCUT2D eigenvalue weighted by molar-refractivity contribution is 0.0697. The van der Waals surface area contributed by atoms with Gasteiger partial charge < -0.3 is 15.2 Å². The summed E-state index contributed by atoms with van der Waals surface area (Å²) in [5, 5.41) is 26.3. The normalized spacial score (nSPS) is 10.0. The zero-order valence-corrected chi connectivity index (χ0v) is 8.25. The number of hydrogen-bond acceptors (Lipinski definition) is 3. The molecular formula is C7H5BCl2O4. The molecule has 7 heteroatoms. The summed E-state index contributed by atoms with van der Waals surface area (Å²) >= 11 is 11.2. The van der Waals surface area contributed by atoms with Crippen LogP contribution in [-0.4, -0.2) is 28.2 Å². The van der Waals surface area contributed by atoms with Gasteiger partial charge in [0.2, 0.25) is 0 Å². The minimum atomic E-state index is -1.85. The van der Waals surface area contributed by atoms with Crippen molar-refractivity contribution in [2.24, 2.45) is 0 Å². The highest BCUT2D eigenvalue weighted by molar-refractivity contribution is 6.64. The molecule has 3 N–H and O–H groups in total. The van der Waals surface area contributed by atoms with Crippen LogP contribution >= 0.6 is 23.2 Å². The number of carboxylic acids is 1. The van der Waals surface area contributed by atoms with Gasteiger partial charge in [-0.25, -0.2) is 4.79 Å². The lowest BCUT2D eigenvalue weighted by Gasteiger charge is -2.06. The van der Waals surface area contributed by atoms with Crippen molar-refractivity contribution in [3.05, 3.63) is 27.7 Å². The topological polar surface area (TPSA) is 77.8 Å². The summed E-state index contributed by atoms with van der Waals surface area (Å²) in [6.07, 6.45) is 0. The van der Waals surface area contributed by atoms with Gasteiger partial charge >= 0.3 is 13.1 Å². The fourth-order valence-electron chi connectivity index (χ4n) is 0.922. The lowest BCUT2D eigenvalue weighted by atomic mass is 9.79. The van der Waals surface area contributed by atoms with Crippen molar-refractivity contribution in [1.82, 2.24) is 0 Å². The van der Waals surface area contributed by atoms with Gasteiger partial charge in [0.05, 0.1) is 15.6 Å². The molecule has 0 amide bonds. The summed E-state index contributed by atoms with van der Waals surface area (Å²) < 4.78 is 0. The minimum Gasteiger partial charge on any atom is -0.478 e. The van der Waals surface area contributed by atoms with E-state index in [0.29, 0.717) is 0 Å². The average molecular weight is 235 g/mol. The van der Waals surface area contributed by atoms with Crippen LogP contribution in [0.2, 0.25) is 10.0 Å². The molecule has 0 unspecified atom stereocenters. The van der Waals surface area contributed by atoms with Gasteiger partial charge in [-0.3, -0.25) is 0 Å². The molecule has 1 rings (SSSR count). The summed E-state index contributed by atoms with van der Waals surface area (Å²) in [6.45, 7) is 0. The van der Waals surface area contributed by atoms with Crippen molar-refractivity contribution < 1.29 is 19.9 Å². The van der Waals surface area contributed by atoms with Gasteiger partial charge in [-0.2, -0.15) is 0 Å². The second kappa shape index (κ2) is 4.19. The van der Waals surface area contributed by atoms with Crippen molar-refractivity contribution in [2.75, 3.05) is 0 Å². The van der Waals surface area contributed by atoms with E-state index in [4.69, 9.17) is 38.4 Å². The Hall–Kier alpha value is -0.745. The summed E-state index contributed by atoms with van der Waals surface area (Å²) in [7, 11) is -1.85. The number of halogens is 2. The molecule has 0 radical (unpaired) electrons. The molecular weight excluding hydrogens is 230 g/mol. The van der Waals surface area contributed by atoms with Gasteiger partial charge in [-0.15, -0.1) is 0 Å². The zero-order chi connectivity index (χ0) is 10.9. The molecule has 0 aliphatic heterocycles. The van der Waals surface area contributed by atoms with Gasteiger partial charge in [0.25, 0.3) is 0 Å². The highest BCUT2D eigenvalue weighted by Crippen LogP contribution is 2.21. The number of rotatable bonds is 2. The maximum absolute atomic E-state index is 10.6. The van der Waals surface area contributed by atoms with Crippen LogP contribution in [0.15, 0.2) is 12.1 Å². The third kappa shape index (κ3) is 2.19. The monoisotopic (exact) mass is 234 g/mol. The van der Waals surface area contributed by atoms with Crippen LogP contribution in [0.25, 0.3) is 0 Å². The Morgan fingerprint density at radius 3 is 2.29 bits per heavy atom. The maximum Gasteiger partial charge on any atom is 0.490 e. The Labute approximate surface area is 89.8 Å². The Bertz CT molecular complexity index is 380. The first-order chi connectivity index (χ1) is 6.43. The molecule has 1 aromatic rings. The highest BCUT2D eigenvalue weighted by Gasteiger charge is 2.20. The van der Waals surface area contributed by atoms with Crippen molar-refractivity contribution in [1.29, 1.82) is 0 Å². The summed E-state index contributed by atoms with van der Waals surface area (Å²) in [6, 6.07) is 2.19. The van der Waals surface area contributed by atoms with E-state index in [1.54, 1.807) is 0 Å². The second-order valence-electron chi connectivity index (χ2n) is 2.54. The summed E-state index contributed by atoms with van der Waals surface area (Å²) in [5.74, 6) is -1.22. The largest absolute Gasteiger partial charge is 0.490 e. The Morgan fingerprint density at radius 1 is 1.29 bits per heavy atom.